The van der Waals surface area contributed by atoms with Crippen molar-refractivity contribution in [2.24, 2.45) is 0 Å². The lowest BCUT2D eigenvalue weighted by molar-refractivity contribution is 0.491. The average Bonchev–Trinajstić information content (AvgIpc) is 3.24. The summed E-state index contributed by atoms with van der Waals surface area (Å²) in [5.41, 5.74) is 1.90. The van der Waals surface area contributed by atoms with Gasteiger partial charge in [0.15, 0.2) is 4.67 Å². The lowest BCUT2D eigenvalue weighted by Gasteiger charge is -2.09. The van der Waals surface area contributed by atoms with Crippen molar-refractivity contribution in [1.29, 1.82) is 0 Å². The molecule has 4 rings (SSSR count). The van der Waals surface area contributed by atoms with Crippen LogP contribution < -0.4 is 5.32 Å². The summed E-state index contributed by atoms with van der Waals surface area (Å²) in [4.78, 5) is 8.77. The van der Waals surface area contributed by atoms with Gasteiger partial charge in [-0.05, 0) is 28.1 Å². The molecule has 120 valence electrons. The van der Waals surface area contributed by atoms with Crippen LogP contribution in [0.15, 0.2) is 63.9 Å². The van der Waals surface area contributed by atoms with Crippen molar-refractivity contribution in [3.05, 3.63) is 65.3 Å². The Morgan fingerprint density at radius 1 is 1.12 bits per heavy atom. The molecule has 0 atom stereocenters. The van der Waals surface area contributed by atoms with Crippen molar-refractivity contribution in [3.63, 3.8) is 0 Å². The van der Waals surface area contributed by atoms with E-state index in [0.717, 1.165) is 33.9 Å². The summed E-state index contributed by atoms with van der Waals surface area (Å²) in [7, 11) is 0. The minimum atomic E-state index is 0.569. The fraction of sp³-hybridized carbons (Fsp3) is 0.118. The number of fused-ring (bicyclic) bond motifs is 1. The van der Waals surface area contributed by atoms with Gasteiger partial charge in [-0.2, -0.15) is 14.6 Å². The van der Waals surface area contributed by atoms with E-state index in [-0.39, 0.29) is 0 Å². The van der Waals surface area contributed by atoms with E-state index >= 15 is 0 Å². The van der Waals surface area contributed by atoms with Crippen LogP contribution in [0, 0.1) is 0 Å². The van der Waals surface area contributed by atoms with Crippen LogP contribution in [0.2, 0.25) is 0 Å². The first kappa shape index (κ1) is 14.9. The normalized spacial score (nSPS) is 11.0. The Hall–Kier alpha value is -2.67. The molecule has 1 aromatic carbocycles. The summed E-state index contributed by atoms with van der Waals surface area (Å²) in [6.45, 7) is 0.715. The number of furan rings is 1. The molecule has 0 aliphatic rings. The number of nitrogens with one attached hydrogen (secondary N) is 1. The first-order valence-corrected chi connectivity index (χ1v) is 8.33. The van der Waals surface area contributed by atoms with Gasteiger partial charge in [0, 0.05) is 24.6 Å². The van der Waals surface area contributed by atoms with Crippen LogP contribution >= 0.6 is 15.9 Å². The zero-order chi connectivity index (χ0) is 16.4. The molecular weight excluding hydrogens is 370 g/mol. The molecule has 0 radical (unpaired) electrons. The topological polar surface area (TPSA) is 68.2 Å². The van der Waals surface area contributed by atoms with E-state index in [1.165, 1.54) is 6.33 Å². The van der Waals surface area contributed by atoms with Crippen LogP contribution in [0.3, 0.4) is 0 Å². The predicted octanol–water partition coefficient (Wildman–Crippen LogP) is 3.80. The molecule has 3 aromatic heterocycles. The van der Waals surface area contributed by atoms with Gasteiger partial charge in [0.2, 0.25) is 0 Å². The van der Waals surface area contributed by atoms with Gasteiger partial charge in [0.05, 0.1) is 5.69 Å². The molecule has 0 amide bonds. The van der Waals surface area contributed by atoms with Crippen molar-refractivity contribution in [2.75, 3.05) is 11.9 Å². The van der Waals surface area contributed by atoms with E-state index in [1.54, 1.807) is 4.52 Å². The molecule has 6 nitrogen and oxygen atoms in total. The van der Waals surface area contributed by atoms with E-state index < -0.39 is 0 Å². The zero-order valence-electron chi connectivity index (χ0n) is 12.7. The minimum absolute atomic E-state index is 0.569. The highest BCUT2D eigenvalue weighted by Gasteiger charge is 2.09. The molecule has 3 heterocycles. The lowest BCUT2D eigenvalue weighted by Crippen LogP contribution is -2.09. The Bertz CT molecular complexity index is 963. The molecular formula is C17H14BrN5O. The van der Waals surface area contributed by atoms with Crippen LogP contribution in [0.25, 0.3) is 17.0 Å². The van der Waals surface area contributed by atoms with Gasteiger partial charge < -0.3 is 9.73 Å². The number of nitrogens with zero attached hydrogens (tertiary/aromatic N) is 4. The van der Waals surface area contributed by atoms with Crippen LogP contribution in [0.4, 0.5) is 5.82 Å². The highest BCUT2D eigenvalue weighted by molar-refractivity contribution is 9.10. The number of anilines is 1. The average molecular weight is 384 g/mol. The van der Waals surface area contributed by atoms with Crippen LogP contribution in [-0.4, -0.2) is 26.1 Å². The van der Waals surface area contributed by atoms with Crippen LogP contribution in [0.1, 0.15) is 5.76 Å². The Kier molecular flexibility index (Phi) is 4.00. The van der Waals surface area contributed by atoms with E-state index in [2.05, 4.69) is 36.3 Å². The number of benzene rings is 1. The van der Waals surface area contributed by atoms with Crippen molar-refractivity contribution in [1.82, 2.24) is 19.6 Å². The van der Waals surface area contributed by atoms with Gasteiger partial charge in [-0.3, -0.25) is 0 Å². The quantitative estimate of drug-likeness (QED) is 0.567. The van der Waals surface area contributed by atoms with Gasteiger partial charge in [0.25, 0.3) is 5.78 Å². The molecule has 0 saturated carbocycles. The second kappa shape index (κ2) is 6.45. The largest absolute Gasteiger partial charge is 0.454 e. The molecule has 0 saturated heterocycles. The predicted molar refractivity (Wildman–Crippen MR) is 94.8 cm³/mol. The number of halogens is 1. The Labute approximate surface area is 146 Å². The smallest absolute Gasteiger partial charge is 0.254 e. The second-order valence-electron chi connectivity index (χ2n) is 5.25. The summed E-state index contributed by atoms with van der Waals surface area (Å²) in [6.07, 6.45) is 2.27. The first-order chi connectivity index (χ1) is 11.8. The fourth-order valence-corrected chi connectivity index (χ4v) is 2.83. The van der Waals surface area contributed by atoms with Gasteiger partial charge >= 0.3 is 0 Å². The molecule has 0 unspecified atom stereocenters. The molecule has 0 aliphatic carbocycles. The van der Waals surface area contributed by atoms with Gasteiger partial charge in [-0.25, -0.2) is 4.98 Å². The van der Waals surface area contributed by atoms with Gasteiger partial charge in [-0.1, -0.05) is 30.3 Å². The monoisotopic (exact) mass is 383 g/mol. The Morgan fingerprint density at radius 3 is 2.79 bits per heavy atom. The van der Waals surface area contributed by atoms with Crippen molar-refractivity contribution in [2.45, 2.75) is 6.42 Å². The van der Waals surface area contributed by atoms with E-state index in [0.29, 0.717) is 12.3 Å². The third-order valence-corrected chi connectivity index (χ3v) is 4.05. The summed E-state index contributed by atoms with van der Waals surface area (Å²) in [5.74, 6) is 2.34. The summed E-state index contributed by atoms with van der Waals surface area (Å²) < 4.78 is 7.96. The second-order valence-corrected chi connectivity index (χ2v) is 6.03. The molecule has 0 fully saturated rings. The first-order valence-electron chi connectivity index (χ1n) is 7.54. The standard InChI is InChI=1S/C17H14BrN5O/c18-15-7-6-13(24-15)8-9-19-16-10-14(12-4-2-1-3-5-12)22-17-20-11-21-23(16)17/h1-7,10-11,19H,8-9H2. The number of hydrogen-bond acceptors (Lipinski definition) is 5. The maximum Gasteiger partial charge on any atom is 0.254 e. The van der Waals surface area contributed by atoms with Crippen molar-refractivity contribution in [3.8, 4) is 11.3 Å². The fourth-order valence-electron chi connectivity index (χ4n) is 2.49. The number of hydrogen-bond donors (Lipinski definition) is 1. The highest BCUT2D eigenvalue weighted by Crippen LogP contribution is 2.21. The summed E-state index contributed by atoms with van der Waals surface area (Å²) in [5, 5.41) is 7.62. The third kappa shape index (κ3) is 3.03. The summed E-state index contributed by atoms with van der Waals surface area (Å²) in [6, 6.07) is 15.9. The molecule has 7 heteroatoms. The maximum atomic E-state index is 5.52. The third-order valence-electron chi connectivity index (χ3n) is 3.63. The maximum absolute atomic E-state index is 5.52. The van der Waals surface area contributed by atoms with Crippen LogP contribution in [0.5, 0.6) is 0 Å². The molecule has 24 heavy (non-hydrogen) atoms. The number of rotatable bonds is 5. The lowest BCUT2D eigenvalue weighted by atomic mass is 10.1. The zero-order valence-corrected chi connectivity index (χ0v) is 14.3. The van der Waals surface area contributed by atoms with Crippen molar-refractivity contribution >= 4 is 27.5 Å². The van der Waals surface area contributed by atoms with Gasteiger partial charge in [-0.15, -0.1) is 0 Å². The van der Waals surface area contributed by atoms with Crippen LogP contribution in [-0.2, 0) is 6.42 Å². The molecule has 0 spiro atoms. The highest BCUT2D eigenvalue weighted by atomic mass is 79.9. The van der Waals surface area contributed by atoms with E-state index in [1.807, 2.05) is 48.5 Å². The Morgan fingerprint density at radius 2 is 2.00 bits per heavy atom. The van der Waals surface area contributed by atoms with Gasteiger partial charge in [0.1, 0.15) is 17.9 Å². The minimum Gasteiger partial charge on any atom is -0.454 e. The SMILES string of the molecule is Brc1ccc(CCNc2cc(-c3ccccc3)nc3ncnn23)o1. The molecule has 0 bridgehead atoms. The molecule has 0 aliphatic heterocycles. The van der Waals surface area contributed by atoms with Crippen molar-refractivity contribution < 1.29 is 4.42 Å². The summed E-state index contributed by atoms with van der Waals surface area (Å²) >= 11 is 3.31. The van der Waals surface area contributed by atoms with E-state index in [4.69, 9.17) is 4.42 Å². The molecule has 1 N–H and O–H groups in total. The number of aromatic nitrogens is 4. The van der Waals surface area contributed by atoms with E-state index in [9.17, 15) is 0 Å². The molecule has 4 aromatic rings. The Balaban J connectivity index is 1.60.